The average Bonchev–Trinajstić information content (AvgIpc) is 3.43. The lowest BCUT2D eigenvalue weighted by atomic mass is 9.85. The van der Waals surface area contributed by atoms with Gasteiger partial charge >= 0.3 is 0 Å². The number of carbonyl (C=O) groups excluding carboxylic acids is 1. The van der Waals surface area contributed by atoms with E-state index >= 15 is 0 Å². The van der Waals surface area contributed by atoms with Crippen LogP contribution in [0, 0.1) is 12.8 Å². The maximum absolute atomic E-state index is 13.7. The monoisotopic (exact) mass is 502 g/mol. The molecule has 1 amide bonds. The van der Waals surface area contributed by atoms with Gasteiger partial charge in [-0.15, -0.1) is 0 Å². The van der Waals surface area contributed by atoms with E-state index in [-0.39, 0.29) is 23.4 Å². The van der Waals surface area contributed by atoms with Gasteiger partial charge in [0.2, 0.25) is 0 Å². The zero-order valence-electron chi connectivity index (χ0n) is 20.3. The van der Waals surface area contributed by atoms with Crippen molar-refractivity contribution in [2.24, 2.45) is 13.0 Å². The third-order valence-electron chi connectivity index (χ3n) is 7.64. The zero-order valence-corrected chi connectivity index (χ0v) is 21.0. The van der Waals surface area contributed by atoms with Crippen LogP contribution in [0.1, 0.15) is 48.0 Å². The van der Waals surface area contributed by atoms with Gasteiger partial charge in [-0.3, -0.25) is 9.59 Å². The SMILES string of the molecule is Cc1onc2c1c(=O)n([C@H]1CCC[C@@H](CNC(=O)c3cc4ccccc4n3C)C1)c1cccc(Cl)c21. The number of carbonyl (C=O) groups is 1. The molecule has 1 fully saturated rings. The number of rotatable bonds is 4. The minimum absolute atomic E-state index is 0.00504. The molecule has 2 aromatic carbocycles. The normalized spacial score (nSPS) is 18.3. The molecule has 7 nitrogen and oxygen atoms in total. The molecule has 0 saturated heterocycles. The van der Waals surface area contributed by atoms with E-state index in [2.05, 4.69) is 10.5 Å². The average molecular weight is 503 g/mol. The number of aromatic nitrogens is 3. The molecule has 36 heavy (non-hydrogen) atoms. The molecule has 1 aliphatic rings. The molecular formula is C28H27ClN4O3. The van der Waals surface area contributed by atoms with Crippen molar-refractivity contribution in [3.8, 4) is 0 Å². The summed E-state index contributed by atoms with van der Waals surface area (Å²) in [6.07, 6.45) is 3.68. The molecule has 0 radical (unpaired) electrons. The van der Waals surface area contributed by atoms with Crippen LogP contribution in [0.2, 0.25) is 5.02 Å². The number of halogens is 1. The van der Waals surface area contributed by atoms with Gasteiger partial charge in [-0.05, 0) is 56.4 Å². The fourth-order valence-electron chi connectivity index (χ4n) is 5.85. The van der Waals surface area contributed by atoms with E-state index in [0.717, 1.165) is 47.5 Å². The highest BCUT2D eigenvalue weighted by Crippen LogP contribution is 2.37. The topological polar surface area (TPSA) is 82.1 Å². The molecule has 0 spiro atoms. The molecule has 8 heteroatoms. The Morgan fingerprint density at radius 3 is 2.78 bits per heavy atom. The molecule has 6 rings (SSSR count). The van der Waals surface area contributed by atoms with E-state index < -0.39 is 0 Å². The second-order valence-electron chi connectivity index (χ2n) is 9.82. The Morgan fingerprint density at radius 2 is 1.94 bits per heavy atom. The number of fused-ring (bicyclic) bond motifs is 4. The van der Waals surface area contributed by atoms with E-state index in [1.165, 1.54) is 0 Å². The minimum atomic E-state index is -0.0938. The smallest absolute Gasteiger partial charge is 0.267 e. The van der Waals surface area contributed by atoms with Gasteiger partial charge in [0.15, 0.2) is 0 Å². The van der Waals surface area contributed by atoms with E-state index in [1.54, 1.807) is 6.92 Å². The summed E-state index contributed by atoms with van der Waals surface area (Å²) < 4.78 is 9.20. The lowest BCUT2D eigenvalue weighted by Gasteiger charge is -2.31. The van der Waals surface area contributed by atoms with E-state index in [0.29, 0.717) is 33.9 Å². The van der Waals surface area contributed by atoms with Crippen LogP contribution in [0.5, 0.6) is 0 Å². The zero-order chi connectivity index (χ0) is 25.0. The summed E-state index contributed by atoms with van der Waals surface area (Å²) in [6, 6.07) is 15.5. The van der Waals surface area contributed by atoms with E-state index in [9.17, 15) is 9.59 Å². The van der Waals surface area contributed by atoms with Crippen molar-refractivity contribution in [2.45, 2.75) is 38.6 Å². The molecule has 184 valence electrons. The van der Waals surface area contributed by atoms with Crippen LogP contribution in [0.15, 0.2) is 57.8 Å². The van der Waals surface area contributed by atoms with Crippen molar-refractivity contribution in [2.75, 3.05) is 6.54 Å². The first kappa shape index (κ1) is 22.9. The van der Waals surface area contributed by atoms with Gasteiger partial charge in [0.05, 0.1) is 10.5 Å². The number of benzene rings is 2. The maximum Gasteiger partial charge on any atom is 0.267 e. The van der Waals surface area contributed by atoms with Crippen molar-refractivity contribution in [1.82, 2.24) is 19.6 Å². The molecule has 1 N–H and O–H groups in total. The second kappa shape index (κ2) is 8.82. The number of para-hydroxylation sites is 1. The number of nitrogens with zero attached hydrogens (tertiary/aromatic N) is 3. The Kier molecular flexibility index (Phi) is 5.60. The van der Waals surface area contributed by atoms with Crippen LogP contribution in [0.25, 0.3) is 32.7 Å². The molecule has 0 bridgehead atoms. The number of aryl methyl sites for hydroxylation is 2. The first-order chi connectivity index (χ1) is 17.4. The van der Waals surface area contributed by atoms with Crippen LogP contribution in [-0.4, -0.2) is 26.7 Å². The molecule has 3 aromatic heterocycles. The summed E-state index contributed by atoms with van der Waals surface area (Å²) in [7, 11) is 1.92. The van der Waals surface area contributed by atoms with Gasteiger partial charge in [-0.2, -0.15) is 0 Å². The second-order valence-corrected chi connectivity index (χ2v) is 10.2. The Morgan fingerprint density at radius 1 is 1.14 bits per heavy atom. The summed E-state index contributed by atoms with van der Waals surface area (Å²) in [5.74, 6) is 0.690. The van der Waals surface area contributed by atoms with Gasteiger partial charge < -0.3 is 19.0 Å². The number of amides is 1. The summed E-state index contributed by atoms with van der Waals surface area (Å²) in [6.45, 7) is 2.33. The molecular weight excluding hydrogens is 476 g/mol. The van der Waals surface area contributed by atoms with Crippen LogP contribution < -0.4 is 10.9 Å². The number of nitrogens with one attached hydrogen (secondary N) is 1. The summed E-state index contributed by atoms with van der Waals surface area (Å²) in [5, 5.41) is 10.1. The highest BCUT2D eigenvalue weighted by Gasteiger charge is 2.28. The minimum Gasteiger partial charge on any atom is -0.360 e. The molecule has 2 atom stereocenters. The lowest BCUT2D eigenvalue weighted by Crippen LogP contribution is -2.35. The molecule has 1 aliphatic carbocycles. The van der Waals surface area contributed by atoms with Gasteiger partial charge in [-0.1, -0.05) is 47.4 Å². The number of pyridine rings is 1. The molecule has 5 aromatic rings. The molecule has 0 unspecified atom stereocenters. The highest BCUT2D eigenvalue weighted by atomic mass is 35.5. The first-order valence-corrected chi connectivity index (χ1v) is 12.7. The predicted molar refractivity (Wildman–Crippen MR) is 142 cm³/mol. The number of hydrogen-bond acceptors (Lipinski definition) is 4. The number of hydrogen-bond donors (Lipinski definition) is 1. The fourth-order valence-corrected chi connectivity index (χ4v) is 6.11. The largest absolute Gasteiger partial charge is 0.360 e. The van der Waals surface area contributed by atoms with Gasteiger partial charge in [-0.25, -0.2) is 0 Å². The van der Waals surface area contributed by atoms with Crippen LogP contribution in [-0.2, 0) is 7.05 Å². The highest BCUT2D eigenvalue weighted by molar-refractivity contribution is 6.37. The van der Waals surface area contributed by atoms with Crippen LogP contribution in [0.3, 0.4) is 0 Å². The molecule has 0 aliphatic heterocycles. The summed E-state index contributed by atoms with van der Waals surface area (Å²) >= 11 is 6.58. The van der Waals surface area contributed by atoms with Gasteiger partial charge in [0.25, 0.3) is 11.5 Å². The molecule has 1 saturated carbocycles. The lowest BCUT2D eigenvalue weighted by molar-refractivity contribution is 0.0932. The standard InChI is InChI=1S/C28H27ClN4O3/c1-16-24-26(31-36-16)25-20(29)10-6-12-22(25)33(28(24)35)19-9-5-7-17(13-19)15-30-27(34)23-14-18-8-3-4-11-21(18)32(23)2/h3-4,6,8,10-12,14,17,19H,5,7,9,13,15H2,1-2H3,(H,30,34)/t17-,19+/m1/s1. The predicted octanol–water partition coefficient (Wildman–Crippen LogP) is 5.76. The van der Waals surface area contributed by atoms with Crippen LogP contribution in [0.4, 0.5) is 0 Å². The van der Waals surface area contributed by atoms with Crippen molar-refractivity contribution < 1.29 is 9.32 Å². The van der Waals surface area contributed by atoms with Crippen molar-refractivity contribution in [1.29, 1.82) is 0 Å². The van der Waals surface area contributed by atoms with Crippen molar-refractivity contribution >= 4 is 50.2 Å². The maximum atomic E-state index is 13.7. The van der Waals surface area contributed by atoms with Crippen molar-refractivity contribution in [3.63, 3.8) is 0 Å². The third kappa shape index (κ3) is 3.61. The van der Waals surface area contributed by atoms with Gasteiger partial charge in [0, 0.05) is 35.9 Å². The third-order valence-corrected chi connectivity index (χ3v) is 7.95. The van der Waals surface area contributed by atoms with E-state index in [4.69, 9.17) is 16.1 Å². The summed E-state index contributed by atoms with van der Waals surface area (Å²) in [4.78, 5) is 26.7. The van der Waals surface area contributed by atoms with Crippen LogP contribution >= 0.6 is 11.6 Å². The Labute approximate surface area is 212 Å². The van der Waals surface area contributed by atoms with Crippen molar-refractivity contribution in [3.05, 3.63) is 75.4 Å². The Balaban J connectivity index is 1.28. The quantitative estimate of drug-likeness (QED) is 0.339. The van der Waals surface area contributed by atoms with E-state index in [1.807, 2.05) is 64.7 Å². The summed E-state index contributed by atoms with van der Waals surface area (Å²) in [5.41, 5.74) is 2.88. The Hall–Kier alpha value is -3.58. The fraction of sp³-hybridized carbons (Fsp3) is 0.321. The van der Waals surface area contributed by atoms with Gasteiger partial charge in [0.1, 0.15) is 22.4 Å². The Bertz CT molecular complexity index is 1700. The first-order valence-electron chi connectivity index (χ1n) is 12.4. The molecule has 3 heterocycles.